The third-order valence-electron chi connectivity index (χ3n) is 4.10. The predicted molar refractivity (Wildman–Crippen MR) is 93.7 cm³/mol. The maximum absolute atomic E-state index is 14.3. The molecule has 0 aromatic heterocycles. The van der Waals surface area contributed by atoms with E-state index in [9.17, 15) is 9.18 Å². The Bertz CT molecular complexity index is 745. The van der Waals surface area contributed by atoms with Gasteiger partial charge in [0, 0.05) is 24.2 Å². The fourth-order valence-electron chi connectivity index (χ4n) is 2.85. The summed E-state index contributed by atoms with van der Waals surface area (Å²) in [5.74, 6) is 0.330. The second kappa shape index (κ2) is 7.98. The van der Waals surface area contributed by atoms with Crippen molar-refractivity contribution >= 4 is 11.6 Å². The van der Waals surface area contributed by atoms with Crippen molar-refractivity contribution < 1.29 is 18.7 Å². The maximum atomic E-state index is 14.3. The Morgan fingerprint density at radius 2 is 2.04 bits per heavy atom. The first kappa shape index (κ1) is 17.2. The van der Waals surface area contributed by atoms with Gasteiger partial charge in [-0.15, -0.1) is 0 Å². The summed E-state index contributed by atoms with van der Waals surface area (Å²) in [4.78, 5) is 12.0. The number of hydrogen-bond donors (Lipinski definition) is 2. The summed E-state index contributed by atoms with van der Waals surface area (Å²) in [5, 5.41) is 5.99. The number of anilines is 1. The fraction of sp³-hybridized carbons (Fsp3) is 0.316. The lowest BCUT2D eigenvalue weighted by Crippen LogP contribution is -2.27. The number of nitrogens with one attached hydrogen (secondary N) is 2. The van der Waals surface area contributed by atoms with E-state index in [-0.39, 0.29) is 17.7 Å². The molecule has 132 valence electrons. The van der Waals surface area contributed by atoms with E-state index in [1.165, 1.54) is 19.2 Å². The monoisotopic (exact) mass is 344 g/mol. The van der Waals surface area contributed by atoms with Gasteiger partial charge in [0.1, 0.15) is 0 Å². The molecule has 0 radical (unpaired) electrons. The molecule has 1 saturated heterocycles. The van der Waals surface area contributed by atoms with Crippen molar-refractivity contribution in [1.82, 2.24) is 5.32 Å². The van der Waals surface area contributed by atoms with Crippen LogP contribution >= 0.6 is 0 Å². The van der Waals surface area contributed by atoms with Gasteiger partial charge in [-0.05, 0) is 43.7 Å². The van der Waals surface area contributed by atoms with Crippen molar-refractivity contribution in [3.8, 4) is 17.2 Å². The van der Waals surface area contributed by atoms with Crippen molar-refractivity contribution in [3.05, 3.63) is 48.3 Å². The minimum Gasteiger partial charge on any atom is -0.493 e. The normalized spacial score (nSPS) is 16.5. The molecule has 0 spiro atoms. The van der Waals surface area contributed by atoms with Gasteiger partial charge in [0.05, 0.1) is 7.11 Å². The average Bonchev–Trinajstić information content (AvgIpc) is 3.10. The Labute approximate surface area is 146 Å². The number of ether oxygens (including phenoxy) is 2. The minimum atomic E-state index is -0.553. The SMILES string of the molecule is COc1ccccc1Oc1ccc(NC(=O)CC2CCCN2)cc1F. The van der Waals surface area contributed by atoms with Crippen LogP contribution in [0.2, 0.25) is 0 Å². The Morgan fingerprint density at radius 3 is 2.72 bits per heavy atom. The molecule has 1 aliphatic heterocycles. The molecule has 1 atom stereocenters. The van der Waals surface area contributed by atoms with Crippen LogP contribution in [0.5, 0.6) is 17.2 Å². The molecular formula is C19H21FN2O3. The molecule has 25 heavy (non-hydrogen) atoms. The largest absolute Gasteiger partial charge is 0.493 e. The molecule has 2 N–H and O–H groups in total. The van der Waals surface area contributed by atoms with Gasteiger partial charge < -0.3 is 20.1 Å². The number of rotatable bonds is 6. The average molecular weight is 344 g/mol. The maximum Gasteiger partial charge on any atom is 0.225 e. The lowest BCUT2D eigenvalue weighted by molar-refractivity contribution is -0.116. The molecule has 1 fully saturated rings. The Hall–Kier alpha value is -2.60. The molecule has 6 heteroatoms. The van der Waals surface area contributed by atoms with Gasteiger partial charge in [-0.3, -0.25) is 4.79 Å². The van der Waals surface area contributed by atoms with E-state index in [1.54, 1.807) is 30.3 Å². The van der Waals surface area contributed by atoms with Gasteiger partial charge in [0.2, 0.25) is 5.91 Å². The van der Waals surface area contributed by atoms with Crippen molar-refractivity contribution in [2.45, 2.75) is 25.3 Å². The molecule has 0 saturated carbocycles. The van der Waals surface area contributed by atoms with E-state index < -0.39 is 5.82 Å². The number of methoxy groups -OCH3 is 1. The summed E-state index contributed by atoms with van der Waals surface area (Å²) in [7, 11) is 1.52. The van der Waals surface area contributed by atoms with Gasteiger partial charge >= 0.3 is 0 Å². The summed E-state index contributed by atoms with van der Waals surface area (Å²) in [5.41, 5.74) is 0.410. The summed E-state index contributed by atoms with van der Waals surface area (Å²) in [6.45, 7) is 0.946. The molecule has 3 rings (SSSR count). The molecule has 2 aromatic carbocycles. The Morgan fingerprint density at radius 1 is 1.24 bits per heavy atom. The number of carbonyl (C=O) groups excluding carboxylic acids is 1. The molecule has 1 amide bonds. The highest BCUT2D eigenvalue weighted by Gasteiger charge is 2.18. The number of amides is 1. The highest BCUT2D eigenvalue weighted by Crippen LogP contribution is 2.33. The smallest absolute Gasteiger partial charge is 0.225 e. The molecule has 1 heterocycles. The van der Waals surface area contributed by atoms with Gasteiger partial charge in [-0.25, -0.2) is 4.39 Å². The second-order valence-electron chi connectivity index (χ2n) is 5.94. The zero-order chi connectivity index (χ0) is 17.6. The third kappa shape index (κ3) is 4.48. The van der Waals surface area contributed by atoms with E-state index in [1.807, 2.05) is 0 Å². The van der Waals surface area contributed by atoms with E-state index in [2.05, 4.69) is 10.6 Å². The van der Waals surface area contributed by atoms with Crippen molar-refractivity contribution in [3.63, 3.8) is 0 Å². The standard InChI is InChI=1S/C19H21FN2O3/c1-24-17-6-2-3-7-18(17)25-16-9-8-14(11-15(16)20)22-19(23)12-13-5-4-10-21-13/h2-3,6-9,11,13,21H,4-5,10,12H2,1H3,(H,22,23). The zero-order valence-corrected chi connectivity index (χ0v) is 14.0. The van der Waals surface area contributed by atoms with Gasteiger partial charge in [0.15, 0.2) is 23.1 Å². The first-order chi connectivity index (χ1) is 12.2. The molecular weight excluding hydrogens is 323 g/mol. The van der Waals surface area contributed by atoms with Crippen LogP contribution in [-0.2, 0) is 4.79 Å². The number of hydrogen-bond acceptors (Lipinski definition) is 4. The lowest BCUT2D eigenvalue weighted by Gasteiger charge is -2.13. The molecule has 0 bridgehead atoms. The van der Waals surface area contributed by atoms with E-state index in [0.29, 0.717) is 23.6 Å². The number of halogens is 1. The Balaban J connectivity index is 1.65. The molecule has 0 aliphatic carbocycles. The highest BCUT2D eigenvalue weighted by atomic mass is 19.1. The van der Waals surface area contributed by atoms with Crippen molar-refractivity contribution in [2.75, 3.05) is 19.0 Å². The molecule has 5 nitrogen and oxygen atoms in total. The molecule has 1 unspecified atom stereocenters. The summed E-state index contributed by atoms with van der Waals surface area (Å²) >= 11 is 0. The van der Waals surface area contributed by atoms with Gasteiger partial charge in [-0.2, -0.15) is 0 Å². The first-order valence-electron chi connectivity index (χ1n) is 8.29. The predicted octanol–water partition coefficient (Wildman–Crippen LogP) is 3.71. The highest BCUT2D eigenvalue weighted by molar-refractivity contribution is 5.91. The zero-order valence-electron chi connectivity index (χ0n) is 14.0. The van der Waals surface area contributed by atoms with Crippen LogP contribution in [0.3, 0.4) is 0 Å². The van der Waals surface area contributed by atoms with Crippen molar-refractivity contribution in [2.24, 2.45) is 0 Å². The summed E-state index contributed by atoms with van der Waals surface area (Å²) in [6, 6.07) is 11.6. The van der Waals surface area contributed by atoms with E-state index >= 15 is 0 Å². The van der Waals surface area contributed by atoms with Crippen LogP contribution < -0.4 is 20.1 Å². The minimum absolute atomic E-state index is 0.0694. The van der Waals surface area contributed by atoms with Crippen LogP contribution in [0.15, 0.2) is 42.5 Å². The fourth-order valence-corrected chi connectivity index (χ4v) is 2.85. The van der Waals surface area contributed by atoms with E-state index in [0.717, 1.165) is 19.4 Å². The number of carbonyl (C=O) groups is 1. The summed E-state index contributed by atoms with van der Waals surface area (Å²) in [6.07, 6.45) is 2.47. The first-order valence-corrected chi connectivity index (χ1v) is 8.29. The second-order valence-corrected chi connectivity index (χ2v) is 5.94. The van der Waals surface area contributed by atoms with Crippen molar-refractivity contribution in [1.29, 1.82) is 0 Å². The van der Waals surface area contributed by atoms with Crippen LogP contribution in [0.25, 0.3) is 0 Å². The quantitative estimate of drug-likeness (QED) is 0.839. The Kier molecular flexibility index (Phi) is 5.50. The van der Waals surface area contributed by atoms with Crippen LogP contribution in [-0.4, -0.2) is 25.6 Å². The summed E-state index contributed by atoms with van der Waals surface area (Å²) < 4.78 is 25.1. The van der Waals surface area contributed by atoms with Crippen LogP contribution in [0.4, 0.5) is 10.1 Å². The third-order valence-corrected chi connectivity index (χ3v) is 4.10. The molecule has 1 aliphatic rings. The topological polar surface area (TPSA) is 59.6 Å². The lowest BCUT2D eigenvalue weighted by atomic mass is 10.1. The number of para-hydroxylation sites is 2. The van der Waals surface area contributed by atoms with Crippen LogP contribution in [0, 0.1) is 5.82 Å². The van der Waals surface area contributed by atoms with Gasteiger partial charge in [0.25, 0.3) is 0 Å². The van der Waals surface area contributed by atoms with E-state index in [4.69, 9.17) is 9.47 Å². The molecule has 2 aromatic rings. The number of benzene rings is 2. The van der Waals surface area contributed by atoms with Gasteiger partial charge in [-0.1, -0.05) is 12.1 Å². The van der Waals surface area contributed by atoms with Crippen LogP contribution in [0.1, 0.15) is 19.3 Å².